The van der Waals surface area contributed by atoms with E-state index in [0.29, 0.717) is 6.42 Å². The van der Waals surface area contributed by atoms with Crippen LogP contribution >= 0.6 is 12.4 Å². The van der Waals surface area contributed by atoms with Gasteiger partial charge in [-0.1, -0.05) is 18.6 Å². The van der Waals surface area contributed by atoms with Crippen LogP contribution in [0.3, 0.4) is 0 Å². The predicted octanol–water partition coefficient (Wildman–Crippen LogP) is 4.32. The van der Waals surface area contributed by atoms with E-state index >= 15 is 0 Å². The maximum absolute atomic E-state index is 12.3. The Labute approximate surface area is 146 Å². The first-order chi connectivity index (χ1) is 10.6. The third-order valence-electron chi connectivity index (χ3n) is 5.61. The molecule has 1 saturated carbocycles. The van der Waals surface area contributed by atoms with Gasteiger partial charge in [-0.05, 0) is 69.2 Å². The van der Waals surface area contributed by atoms with E-state index in [1.165, 1.54) is 49.8 Å². The van der Waals surface area contributed by atoms with Crippen molar-refractivity contribution in [3.05, 3.63) is 29.3 Å². The van der Waals surface area contributed by atoms with Crippen molar-refractivity contribution in [3.8, 4) is 0 Å². The summed E-state index contributed by atoms with van der Waals surface area (Å²) in [6.45, 7) is 6.24. The summed E-state index contributed by atoms with van der Waals surface area (Å²) in [5.74, 6) is 1.05. The van der Waals surface area contributed by atoms with Crippen molar-refractivity contribution in [2.24, 2.45) is 5.92 Å². The minimum Gasteiger partial charge on any atom is -0.326 e. The van der Waals surface area contributed by atoms with E-state index in [2.05, 4.69) is 30.1 Å². The Bertz CT molecular complexity index is 546. The highest BCUT2D eigenvalue weighted by Gasteiger charge is 2.34. The molecule has 2 aliphatic rings. The lowest BCUT2D eigenvalue weighted by molar-refractivity contribution is -0.116. The number of anilines is 1. The number of hydrogen-bond donors (Lipinski definition) is 1. The number of nitrogens with one attached hydrogen (secondary N) is 1. The summed E-state index contributed by atoms with van der Waals surface area (Å²) in [6, 6.07) is 6.83. The number of amides is 1. The van der Waals surface area contributed by atoms with Crippen LogP contribution in [0, 0.1) is 19.8 Å². The second-order valence-corrected chi connectivity index (χ2v) is 6.98. The van der Waals surface area contributed by atoms with E-state index in [4.69, 9.17) is 0 Å². The Morgan fingerprint density at radius 3 is 2.83 bits per heavy atom. The minimum absolute atomic E-state index is 0. The number of rotatable bonds is 4. The number of nitrogens with zero attached hydrogens (tertiary/aromatic N) is 1. The molecule has 3 rings (SSSR count). The Morgan fingerprint density at radius 1 is 1.22 bits per heavy atom. The molecular weight excluding hydrogens is 308 g/mol. The number of hydrogen-bond acceptors (Lipinski definition) is 2. The predicted molar refractivity (Wildman–Crippen MR) is 98.3 cm³/mol. The lowest BCUT2D eigenvalue weighted by Gasteiger charge is -2.37. The van der Waals surface area contributed by atoms with Crippen LogP contribution in [0.15, 0.2) is 18.2 Å². The normalized spacial score (nSPS) is 23.9. The standard InChI is InChI=1S/C19H28N2O.ClH/c1-14-6-3-9-17(15(14)2)20-19(22)11-13-21-12-5-8-16-7-4-10-18(16)21;/h3,6,9,16,18H,4-5,7-8,10-13H2,1-2H3,(H,20,22);1H/t16-,18+;/m1./s1. The quantitative estimate of drug-likeness (QED) is 0.888. The van der Waals surface area contributed by atoms with E-state index in [9.17, 15) is 4.79 Å². The van der Waals surface area contributed by atoms with Crippen molar-refractivity contribution in [3.63, 3.8) is 0 Å². The van der Waals surface area contributed by atoms with Crippen molar-refractivity contribution in [1.82, 2.24) is 4.90 Å². The SMILES string of the molecule is Cc1cccc(NC(=O)CCN2CCC[C@H]3CCC[C@@H]32)c1C.Cl. The first-order valence-electron chi connectivity index (χ1n) is 8.75. The van der Waals surface area contributed by atoms with Crippen LogP contribution < -0.4 is 5.32 Å². The Balaban J connectivity index is 0.00000192. The van der Waals surface area contributed by atoms with Gasteiger partial charge in [-0.25, -0.2) is 0 Å². The highest BCUT2D eigenvalue weighted by molar-refractivity contribution is 5.91. The van der Waals surface area contributed by atoms with Crippen LogP contribution in [0.4, 0.5) is 5.69 Å². The van der Waals surface area contributed by atoms with Crippen molar-refractivity contribution in [2.75, 3.05) is 18.4 Å². The maximum Gasteiger partial charge on any atom is 0.225 e. The smallest absolute Gasteiger partial charge is 0.225 e. The van der Waals surface area contributed by atoms with Gasteiger partial charge in [0.15, 0.2) is 0 Å². The monoisotopic (exact) mass is 336 g/mol. The van der Waals surface area contributed by atoms with Crippen LogP contribution in [-0.2, 0) is 4.79 Å². The van der Waals surface area contributed by atoms with Gasteiger partial charge in [0, 0.05) is 24.7 Å². The van der Waals surface area contributed by atoms with Crippen LogP contribution in [0.5, 0.6) is 0 Å². The van der Waals surface area contributed by atoms with E-state index in [-0.39, 0.29) is 18.3 Å². The average molecular weight is 337 g/mol. The summed E-state index contributed by atoms with van der Waals surface area (Å²) in [5.41, 5.74) is 3.36. The van der Waals surface area contributed by atoms with E-state index in [1.54, 1.807) is 0 Å². The first kappa shape index (κ1) is 18.3. The maximum atomic E-state index is 12.3. The third-order valence-corrected chi connectivity index (χ3v) is 5.61. The second-order valence-electron chi connectivity index (χ2n) is 6.98. The van der Waals surface area contributed by atoms with E-state index < -0.39 is 0 Å². The van der Waals surface area contributed by atoms with Crippen LogP contribution in [0.1, 0.15) is 49.7 Å². The molecule has 0 spiro atoms. The number of aryl methyl sites for hydroxylation is 1. The molecule has 0 unspecified atom stereocenters. The number of likely N-dealkylation sites (tertiary alicyclic amines) is 1. The molecule has 1 N–H and O–H groups in total. The molecule has 1 aromatic rings. The average Bonchev–Trinajstić information content (AvgIpc) is 2.99. The van der Waals surface area contributed by atoms with Gasteiger partial charge in [0.25, 0.3) is 0 Å². The van der Waals surface area contributed by atoms with Crippen molar-refractivity contribution in [2.45, 2.75) is 58.4 Å². The zero-order valence-corrected chi connectivity index (χ0v) is 15.1. The highest BCUT2D eigenvalue weighted by Crippen LogP contribution is 2.36. The topological polar surface area (TPSA) is 32.3 Å². The van der Waals surface area contributed by atoms with Crippen LogP contribution in [0.25, 0.3) is 0 Å². The molecule has 1 aliphatic heterocycles. The summed E-state index contributed by atoms with van der Waals surface area (Å²) < 4.78 is 0. The first-order valence-corrected chi connectivity index (χ1v) is 8.75. The van der Waals surface area contributed by atoms with Gasteiger partial charge in [0.05, 0.1) is 0 Å². The van der Waals surface area contributed by atoms with Gasteiger partial charge in [-0.2, -0.15) is 0 Å². The molecule has 0 aromatic heterocycles. The molecule has 1 aliphatic carbocycles. The lowest BCUT2D eigenvalue weighted by Crippen LogP contribution is -2.43. The molecule has 2 fully saturated rings. The number of piperidine rings is 1. The summed E-state index contributed by atoms with van der Waals surface area (Å²) in [5, 5.41) is 3.08. The van der Waals surface area contributed by atoms with E-state index in [1.807, 2.05) is 12.1 Å². The molecule has 4 heteroatoms. The largest absolute Gasteiger partial charge is 0.326 e. The molecule has 1 amide bonds. The zero-order valence-electron chi connectivity index (χ0n) is 14.3. The Kier molecular flexibility index (Phi) is 6.49. The van der Waals surface area contributed by atoms with Crippen molar-refractivity contribution >= 4 is 24.0 Å². The molecule has 0 radical (unpaired) electrons. The van der Waals surface area contributed by atoms with Gasteiger partial charge in [-0.3, -0.25) is 9.69 Å². The molecule has 1 aromatic carbocycles. The van der Waals surface area contributed by atoms with Crippen LogP contribution in [0.2, 0.25) is 0 Å². The molecule has 1 heterocycles. The number of benzene rings is 1. The fraction of sp³-hybridized carbons (Fsp3) is 0.632. The van der Waals surface area contributed by atoms with Gasteiger partial charge >= 0.3 is 0 Å². The van der Waals surface area contributed by atoms with Gasteiger partial charge in [0.1, 0.15) is 0 Å². The highest BCUT2D eigenvalue weighted by atomic mass is 35.5. The van der Waals surface area contributed by atoms with Crippen LogP contribution in [-0.4, -0.2) is 29.9 Å². The molecule has 128 valence electrons. The number of carbonyl (C=O) groups excluding carboxylic acids is 1. The van der Waals surface area contributed by atoms with Crippen molar-refractivity contribution < 1.29 is 4.79 Å². The molecule has 3 nitrogen and oxygen atoms in total. The summed E-state index contributed by atoms with van der Waals surface area (Å²) in [6.07, 6.45) is 7.42. The Morgan fingerprint density at radius 2 is 2.00 bits per heavy atom. The van der Waals surface area contributed by atoms with Crippen molar-refractivity contribution in [1.29, 1.82) is 0 Å². The van der Waals surface area contributed by atoms with E-state index in [0.717, 1.165) is 24.2 Å². The molecule has 1 saturated heterocycles. The Hall–Kier alpha value is -1.06. The summed E-state index contributed by atoms with van der Waals surface area (Å²) >= 11 is 0. The summed E-state index contributed by atoms with van der Waals surface area (Å²) in [7, 11) is 0. The molecular formula is C19H29ClN2O. The van der Waals surface area contributed by atoms with Gasteiger partial charge in [0.2, 0.25) is 5.91 Å². The fourth-order valence-corrected chi connectivity index (χ4v) is 4.18. The fourth-order valence-electron chi connectivity index (χ4n) is 4.18. The summed E-state index contributed by atoms with van der Waals surface area (Å²) in [4.78, 5) is 14.8. The second kappa shape index (κ2) is 8.16. The van der Waals surface area contributed by atoms with Gasteiger partial charge in [-0.15, -0.1) is 12.4 Å². The third kappa shape index (κ3) is 4.27. The lowest BCUT2D eigenvalue weighted by atomic mass is 9.92. The molecule has 23 heavy (non-hydrogen) atoms. The molecule has 2 atom stereocenters. The number of fused-ring (bicyclic) bond motifs is 1. The van der Waals surface area contributed by atoms with Gasteiger partial charge < -0.3 is 5.32 Å². The molecule has 0 bridgehead atoms. The zero-order chi connectivity index (χ0) is 15.5. The number of halogens is 1. The number of carbonyl (C=O) groups is 1. The minimum atomic E-state index is 0.